The number of cyclic esters (lactones) is 1. The summed E-state index contributed by atoms with van der Waals surface area (Å²) in [5, 5.41) is 25.3. The smallest absolute Gasteiger partial charge is 0.374 e. The summed E-state index contributed by atoms with van der Waals surface area (Å²) >= 11 is 0. The van der Waals surface area contributed by atoms with Crippen LogP contribution in [0.4, 0.5) is 0 Å². The van der Waals surface area contributed by atoms with Crippen LogP contribution in [0.2, 0.25) is 0 Å². The molecule has 2 N–H and O–H groups in total. The minimum Gasteiger partial charge on any atom is -0.465 e. The Morgan fingerprint density at radius 3 is 1.98 bits per heavy atom. The molecule has 1 saturated heterocycles. The zero-order chi connectivity index (χ0) is 45.7. The van der Waals surface area contributed by atoms with Gasteiger partial charge in [-0.05, 0) is 57.9 Å². The molecule has 0 amide bonds. The number of ether oxygens (including phenoxy) is 9. The lowest BCUT2D eigenvalue weighted by Crippen LogP contribution is -2.89. The Morgan fingerprint density at radius 1 is 0.790 bits per heavy atom. The molecule has 2 aromatic heterocycles. The number of carbonyl (C=O) groups excluding carboxylic acids is 8. The molecule has 2 aliphatic heterocycles. The van der Waals surface area contributed by atoms with Crippen LogP contribution in [0.1, 0.15) is 88.4 Å². The summed E-state index contributed by atoms with van der Waals surface area (Å²) in [6.07, 6.45) is -11.1. The Kier molecular flexibility index (Phi) is 12.1. The number of carbonyl (C=O) groups is 8. The summed E-state index contributed by atoms with van der Waals surface area (Å²) in [5.41, 5.74) is -13.3. The molecule has 336 valence electrons. The van der Waals surface area contributed by atoms with Crippen molar-refractivity contribution in [1.82, 2.24) is 4.98 Å². The average Bonchev–Trinajstić information content (AvgIpc) is 3.79. The third kappa shape index (κ3) is 7.54. The van der Waals surface area contributed by atoms with Gasteiger partial charge in [-0.1, -0.05) is 0 Å². The van der Waals surface area contributed by atoms with Crippen LogP contribution >= 0.6 is 0 Å². The van der Waals surface area contributed by atoms with E-state index in [0.29, 0.717) is 0 Å². The van der Waals surface area contributed by atoms with Gasteiger partial charge in [0.25, 0.3) is 0 Å². The first-order valence-electron chi connectivity index (χ1n) is 19.5. The molecule has 21 nitrogen and oxygen atoms in total. The summed E-state index contributed by atoms with van der Waals surface area (Å²) in [7, 11) is 0. The highest BCUT2D eigenvalue weighted by Gasteiger charge is 2.92. The minimum atomic E-state index is -3.01. The normalized spacial score (nSPS) is 36.3. The van der Waals surface area contributed by atoms with Crippen LogP contribution < -0.4 is 0 Å². The highest BCUT2D eigenvalue weighted by atomic mass is 16.7. The highest BCUT2D eigenvalue weighted by Crippen LogP contribution is 2.70. The van der Waals surface area contributed by atoms with Crippen LogP contribution in [0.3, 0.4) is 0 Å². The average molecular weight is 874 g/mol. The number of rotatable bonds is 8. The van der Waals surface area contributed by atoms with E-state index in [1.54, 1.807) is 0 Å². The lowest BCUT2D eigenvalue weighted by atomic mass is 9.45. The molecular weight excluding hydrogens is 826 g/mol. The maximum absolute atomic E-state index is 14.4. The maximum Gasteiger partial charge on any atom is 0.374 e. The Morgan fingerprint density at radius 2 is 1.40 bits per heavy atom. The van der Waals surface area contributed by atoms with Gasteiger partial charge in [-0.3, -0.25) is 29.0 Å². The SMILES string of the molecule is CC(=O)OC[C@]12[C@H](OC(C)=O)[C@H](OC(C)=O)C3[C@@H](OC(C)=O)C14O[C@@]3(C)COC(=O)c1cccnc1CCC(C)(O)C(=O)O[C@@H]([C@H](OC(=O)c1ccco1)[C@@H]2OC(C)=O)[C@]4(C)O. The maximum atomic E-state index is 14.4. The Bertz CT molecular complexity index is 2150. The van der Waals surface area contributed by atoms with Crippen molar-refractivity contribution >= 4 is 47.8 Å². The van der Waals surface area contributed by atoms with Gasteiger partial charge in [0, 0.05) is 40.8 Å². The zero-order valence-corrected chi connectivity index (χ0v) is 35.0. The van der Waals surface area contributed by atoms with Gasteiger partial charge in [0.15, 0.2) is 35.6 Å². The molecule has 6 rings (SSSR count). The molecule has 0 aromatic carbocycles. The van der Waals surface area contributed by atoms with E-state index in [-0.39, 0.29) is 17.7 Å². The third-order valence-electron chi connectivity index (χ3n) is 11.9. The van der Waals surface area contributed by atoms with Crippen LogP contribution in [0.15, 0.2) is 41.1 Å². The number of fused-ring (bicyclic) bond motifs is 5. The predicted octanol–water partition coefficient (Wildman–Crippen LogP) is 0.864. The summed E-state index contributed by atoms with van der Waals surface area (Å²) in [4.78, 5) is 113. The van der Waals surface area contributed by atoms with E-state index < -0.39 is 144 Å². The largest absolute Gasteiger partial charge is 0.465 e. The second-order valence-corrected chi connectivity index (χ2v) is 16.3. The van der Waals surface area contributed by atoms with Crippen LogP contribution in [0, 0.1) is 11.3 Å². The van der Waals surface area contributed by atoms with Crippen LogP contribution in [-0.4, -0.2) is 135 Å². The summed E-state index contributed by atoms with van der Waals surface area (Å²) in [6, 6.07) is 5.32. The molecule has 0 radical (unpaired) electrons. The lowest BCUT2D eigenvalue weighted by Gasteiger charge is -2.67. The van der Waals surface area contributed by atoms with Gasteiger partial charge in [0.05, 0.1) is 23.4 Å². The fourth-order valence-electron chi connectivity index (χ4n) is 9.54. The molecule has 3 fully saturated rings. The van der Waals surface area contributed by atoms with E-state index in [4.69, 9.17) is 47.0 Å². The Hall–Kier alpha value is -5.93. The van der Waals surface area contributed by atoms with Crippen molar-refractivity contribution < 1.29 is 95.6 Å². The van der Waals surface area contributed by atoms with E-state index in [1.807, 2.05) is 0 Å². The summed E-state index contributed by atoms with van der Waals surface area (Å²) in [5.74, 6) is -11.2. The molecule has 2 aromatic rings. The number of aliphatic hydroxyl groups is 2. The van der Waals surface area contributed by atoms with Crippen LogP contribution in [0.5, 0.6) is 0 Å². The molecule has 1 spiro atoms. The first kappa shape index (κ1) is 45.6. The van der Waals surface area contributed by atoms with E-state index in [0.717, 1.165) is 54.7 Å². The second kappa shape index (κ2) is 16.4. The number of nitrogens with zero attached hydrogens (tertiary/aromatic N) is 1. The number of pyridine rings is 1. The Balaban J connectivity index is 1.79. The quantitative estimate of drug-likeness (QED) is 0.275. The molecule has 62 heavy (non-hydrogen) atoms. The lowest BCUT2D eigenvalue weighted by molar-refractivity contribution is -0.386. The van der Waals surface area contributed by atoms with Gasteiger partial charge in [-0.2, -0.15) is 0 Å². The number of furan rings is 1. The van der Waals surface area contributed by atoms with Crippen molar-refractivity contribution in [2.75, 3.05) is 13.2 Å². The van der Waals surface area contributed by atoms with Crippen molar-refractivity contribution in [3.63, 3.8) is 0 Å². The third-order valence-corrected chi connectivity index (χ3v) is 11.9. The predicted molar refractivity (Wildman–Crippen MR) is 199 cm³/mol. The zero-order valence-electron chi connectivity index (χ0n) is 35.0. The van der Waals surface area contributed by atoms with Gasteiger partial charge in [0.2, 0.25) is 5.76 Å². The van der Waals surface area contributed by atoms with Crippen molar-refractivity contribution in [1.29, 1.82) is 0 Å². The molecular formula is C41H47NO20. The molecule has 3 unspecified atom stereocenters. The second-order valence-electron chi connectivity index (χ2n) is 16.3. The number of aromatic nitrogens is 1. The van der Waals surface area contributed by atoms with Gasteiger partial charge in [-0.25, -0.2) is 14.4 Å². The van der Waals surface area contributed by atoms with E-state index >= 15 is 0 Å². The molecule has 12 atom stereocenters. The minimum absolute atomic E-state index is 0.0760. The number of hydrogen-bond acceptors (Lipinski definition) is 21. The first-order chi connectivity index (χ1) is 28.9. The van der Waals surface area contributed by atoms with E-state index in [9.17, 15) is 48.6 Å². The monoisotopic (exact) mass is 873 g/mol. The highest BCUT2D eigenvalue weighted by molar-refractivity contribution is 5.90. The fraction of sp³-hybridized carbons (Fsp3) is 0.585. The Labute approximate surface area is 353 Å². The topological polar surface area (TPSA) is 286 Å². The fourth-order valence-corrected chi connectivity index (χ4v) is 9.54. The molecule has 21 heteroatoms. The number of hydrogen-bond donors (Lipinski definition) is 2. The summed E-state index contributed by atoms with van der Waals surface area (Å²) < 4.78 is 59.8. The van der Waals surface area contributed by atoms with Crippen molar-refractivity contribution in [3.05, 3.63) is 53.7 Å². The molecule has 4 heterocycles. The van der Waals surface area contributed by atoms with Gasteiger partial charge < -0.3 is 57.3 Å². The van der Waals surface area contributed by atoms with Gasteiger partial charge in [-0.15, -0.1) is 0 Å². The molecule has 2 saturated carbocycles. The van der Waals surface area contributed by atoms with E-state index in [2.05, 4.69) is 4.98 Å². The first-order valence-corrected chi connectivity index (χ1v) is 19.5. The van der Waals surface area contributed by atoms with Crippen LogP contribution in [-0.2, 0) is 77.8 Å². The summed E-state index contributed by atoms with van der Waals surface area (Å²) in [6.45, 7) is 6.22. The van der Waals surface area contributed by atoms with Crippen molar-refractivity contribution in [3.8, 4) is 0 Å². The molecule has 4 bridgehead atoms. The number of aryl methyl sites for hydroxylation is 1. The van der Waals surface area contributed by atoms with Crippen LogP contribution in [0.25, 0.3) is 0 Å². The number of esters is 8. The van der Waals surface area contributed by atoms with Gasteiger partial charge in [0.1, 0.15) is 42.0 Å². The standard InChI is InChI=1S/C41H47NO20/c1-19(43)54-18-40-32(58-22(4)46)28(56-20(2)44)27-30(57-21(3)45)41(40)39(8,52)31(29(33(40)59-23(5)47)60-35(49)26-12-10-16-53-26)61-36(50)37(6,51)14-13-25-24(11-9-15-42-25)34(48)55-17-38(27,7)62-41/h9-12,15-16,27-33,51-52H,13-14,17-18H2,1-8H3/t27?,28-,29+,30-,31+,32-,33+,37?,38+,39+,40-,41?/m1/s1. The molecule has 4 aliphatic rings. The van der Waals surface area contributed by atoms with Gasteiger partial charge >= 0.3 is 47.8 Å². The van der Waals surface area contributed by atoms with Crippen molar-refractivity contribution in [2.24, 2.45) is 11.3 Å². The molecule has 2 aliphatic carbocycles. The van der Waals surface area contributed by atoms with Crippen molar-refractivity contribution in [2.45, 2.75) is 127 Å². The van der Waals surface area contributed by atoms with E-state index in [1.165, 1.54) is 37.4 Å².